The van der Waals surface area contributed by atoms with Crippen LogP contribution in [0.3, 0.4) is 0 Å². The highest BCUT2D eigenvalue weighted by Gasteiger charge is 2.25. The first kappa shape index (κ1) is 15.0. The van der Waals surface area contributed by atoms with E-state index in [9.17, 15) is 5.11 Å². The normalized spacial score (nSPS) is 15.2. The van der Waals surface area contributed by atoms with Crippen LogP contribution in [0.4, 0.5) is 0 Å². The van der Waals surface area contributed by atoms with E-state index in [0.717, 1.165) is 0 Å². The van der Waals surface area contributed by atoms with Crippen molar-refractivity contribution in [1.82, 2.24) is 5.43 Å². The fourth-order valence-corrected chi connectivity index (χ4v) is 1.97. The molecule has 0 radical (unpaired) electrons. The van der Waals surface area contributed by atoms with Gasteiger partial charge in [-0.1, -0.05) is 29.3 Å². The zero-order valence-corrected chi connectivity index (χ0v) is 11.7. The maximum absolute atomic E-state index is 10.3. The summed E-state index contributed by atoms with van der Waals surface area (Å²) in [4.78, 5) is 3.79. The van der Waals surface area contributed by atoms with Crippen molar-refractivity contribution in [3.8, 4) is 0 Å². The maximum Gasteiger partial charge on any atom is 0.134 e. The Balaban J connectivity index is 2.73. The van der Waals surface area contributed by atoms with Crippen LogP contribution in [0.5, 0.6) is 0 Å². The molecule has 6 heteroatoms. The number of hydrazone groups is 1. The van der Waals surface area contributed by atoms with Crippen molar-refractivity contribution in [3.05, 3.63) is 33.8 Å². The predicted molar refractivity (Wildman–Crippen MR) is 76.7 cm³/mol. The molecule has 1 aromatic rings. The van der Waals surface area contributed by atoms with Gasteiger partial charge in [0.15, 0.2) is 0 Å². The van der Waals surface area contributed by atoms with Crippen LogP contribution in [0.2, 0.25) is 10.0 Å². The lowest BCUT2D eigenvalue weighted by molar-refractivity contribution is 0.0576. The summed E-state index contributed by atoms with van der Waals surface area (Å²) in [5, 5.41) is 15.1. The SMILES string of the molecule is CC=N/C=N\NCC(C)(O)c1ccc(Cl)cc1Cl. The monoisotopic (exact) mass is 287 g/mol. The average Bonchev–Trinajstić information content (AvgIpc) is 2.28. The molecule has 98 valence electrons. The van der Waals surface area contributed by atoms with Crippen molar-refractivity contribution >= 4 is 35.8 Å². The van der Waals surface area contributed by atoms with Gasteiger partial charge in [-0.15, -0.1) is 0 Å². The summed E-state index contributed by atoms with van der Waals surface area (Å²) >= 11 is 11.8. The number of halogens is 2. The van der Waals surface area contributed by atoms with Gasteiger partial charge in [-0.2, -0.15) is 5.10 Å². The molecule has 0 aliphatic rings. The van der Waals surface area contributed by atoms with Crippen molar-refractivity contribution in [2.45, 2.75) is 19.4 Å². The molecule has 0 heterocycles. The Morgan fingerprint density at radius 3 is 2.78 bits per heavy atom. The number of aliphatic imine (C=N–C) groups is 1. The Morgan fingerprint density at radius 2 is 2.17 bits per heavy atom. The Morgan fingerprint density at radius 1 is 1.44 bits per heavy atom. The number of hydrogen-bond acceptors (Lipinski definition) is 3. The van der Waals surface area contributed by atoms with E-state index in [1.807, 2.05) is 0 Å². The molecule has 0 saturated heterocycles. The first-order valence-electron chi connectivity index (χ1n) is 5.37. The van der Waals surface area contributed by atoms with E-state index in [1.165, 1.54) is 6.34 Å². The zero-order valence-electron chi connectivity index (χ0n) is 10.2. The summed E-state index contributed by atoms with van der Waals surface area (Å²) in [5.74, 6) is 0. The van der Waals surface area contributed by atoms with Gasteiger partial charge in [0.1, 0.15) is 11.9 Å². The number of benzene rings is 1. The maximum atomic E-state index is 10.3. The molecule has 0 bridgehead atoms. The third kappa shape index (κ3) is 4.29. The third-order valence-electron chi connectivity index (χ3n) is 2.30. The Labute approximate surface area is 116 Å². The molecule has 0 aromatic heterocycles. The fourth-order valence-electron chi connectivity index (χ4n) is 1.36. The van der Waals surface area contributed by atoms with Crippen LogP contribution in [0.25, 0.3) is 0 Å². The van der Waals surface area contributed by atoms with Crippen LogP contribution in [0, 0.1) is 0 Å². The summed E-state index contributed by atoms with van der Waals surface area (Å²) in [6, 6.07) is 4.97. The molecular formula is C12H15Cl2N3O. The number of nitrogens with one attached hydrogen (secondary N) is 1. The molecule has 1 unspecified atom stereocenters. The quantitative estimate of drug-likeness (QED) is 0.497. The summed E-state index contributed by atoms with van der Waals surface area (Å²) in [5.41, 5.74) is 2.16. The number of rotatable bonds is 5. The summed E-state index contributed by atoms with van der Waals surface area (Å²) in [6.45, 7) is 3.65. The van der Waals surface area contributed by atoms with E-state index >= 15 is 0 Å². The average molecular weight is 288 g/mol. The van der Waals surface area contributed by atoms with Crippen LogP contribution in [-0.2, 0) is 5.60 Å². The molecule has 0 aliphatic carbocycles. The Hall–Kier alpha value is -1.10. The topological polar surface area (TPSA) is 57.0 Å². The zero-order chi connectivity index (χ0) is 13.6. The third-order valence-corrected chi connectivity index (χ3v) is 2.85. The molecule has 1 atom stereocenters. The van der Waals surface area contributed by atoms with Crippen LogP contribution >= 0.6 is 23.2 Å². The Kier molecular flexibility index (Phi) is 5.59. The van der Waals surface area contributed by atoms with Crippen molar-refractivity contribution in [2.24, 2.45) is 10.1 Å². The van der Waals surface area contributed by atoms with E-state index in [2.05, 4.69) is 15.5 Å². The van der Waals surface area contributed by atoms with Gasteiger partial charge in [0, 0.05) is 21.8 Å². The predicted octanol–water partition coefficient (Wildman–Crippen LogP) is 2.82. The molecule has 0 aliphatic heterocycles. The molecular weight excluding hydrogens is 273 g/mol. The number of aliphatic hydroxyl groups is 1. The Bertz CT molecular complexity index is 459. The molecule has 0 fully saturated rings. The van der Waals surface area contributed by atoms with E-state index in [1.54, 1.807) is 38.3 Å². The van der Waals surface area contributed by atoms with Crippen LogP contribution < -0.4 is 5.43 Å². The van der Waals surface area contributed by atoms with Gasteiger partial charge >= 0.3 is 0 Å². The highest BCUT2D eigenvalue weighted by molar-refractivity contribution is 6.35. The van der Waals surface area contributed by atoms with Gasteiger partial charge in [-0.25, -0.2) is 4.99 Å². The molecule has 2 N–H and O–H groups in total. The first-order chi connectivity index (χ1) is 8.47. The molecule has 0 saturated carbocycles. The standard InChI is InChI=1S/C12H15Cl2N3O/c1-3-15-8-17-16-7-12(2,18)10-5-4-9(13)6-11(10)14/h3-6,8,16,18H,7H2,1-2H3/b15-3?,17-8-. The van der Waals surface area contributed by atoms with Gasteiger partial charge in [0.2, 0.25) is 0 Å². The van der Waals surface area contributed by atoms with E-state index in [4.69, 9.17) is 23.2 Å². The first-order valence-corrected chi connectivity index (χ1v) is 6.13. The molecule has 0 spiro atoms. The van der Waals surface area contributed by atoms with Crippen LogP contribution in [0.1, 0.15) is 19.4 Å². The van der Waals surface area contributed by atoms with Crippen LogP contribution in [0.15, 0.2) is 28.3 Å². The van der Waals surface area contributed by atoms with Gasteiger partial charge in [-0.3, -0.25) is 0 Å². The lowest BCUT2D eigenvalue weighted by Crippen LogP contribution is -2.33. The fraction of sp³-hybridized carbons (Fsp3) is 0.333. The number of hydrogen-bond donors (Lipinski definition) is 2. The highest BCUT2D eigenvalue weighted by atomic mass is 35.5. The summed E-state index contributed by atoms with van der Waals surface area (Å²) in [7, 11) is 0. The van der Waals surface area contributed by atoms with Gasteiger partial charge in [0.25, 0.3) is 0 Å². The largest absolute Gasteiger partial charge is 0.383 e. The lowest BCUT2D eigenvalue weighted by Gasteiger charge is -2.24. The van der Waals surface area contributed by atoms with E-state index in [-0.39, 0.29) is 6.54 Å². The lowest BCUT2D eigenvalue weighted by atomic mass is 9.96. The van der Waals surface area contributed by atoms with E-state index in [0.29, 0.717) is 15.6 Å². The van der Waals surface area contributed by atoms with Gasteiger partial charge in [0.05, 0.1) is 6.54 Å². The molecule has 0 amide bonds. The minimum absolute atomic E-state index is 0.212. The molecule has 1 aromatic carbocycles. The van der Waals surface area contributed by atoms with Crippen molar-refractivity contribution < 1.29 is 5.11 Å². The second kappa shape index (κ2) is 6.73. The molecule has 1 rings (SSSR count). The van der Waals surface area contributed by atoms with E-state index < -0.39 is 5.60 Å². The summed E-state index contributed by atoms with van der Waals surface area (Å²) in [6.07, 6.45) is 2.97. The number of nitrogens with zero attached hydrogens (tertiary/aromatic N) is 2. The van der Waals surface area contributed by atoms with Crippen molar-refractivity contribution in [1.29, 1.82) is 0 Å². The van der Waals surface area contributed by atoms with Crippen molar-refractivity contribution in [3.63, 3.8) is 0 Å². The van der Waals surface area contributed by atoms with Crippen molar-refractivity contribution in [2.75, 3.05) is 6.54 Å². The molecule has 4 nitrogen and oxygen atoms in total. The highest BCUT2D eigenvalue weighted by Crippen LogP contribution is 2.29. The second-order valence-corrected chi connectivity index (χ2v) is 4.73. The minimum Gasteiger partial charge on any atom is -0.383 e. The van der Waals surface area contributed by atoms with Crippen LogP contribution in [-0.4, -0.2) is 24.2 Å². The van der Waals surface area contributed by atoms with Gasteiger partial charge < -0.3 is 10.5 Å². The second-order valence-electron chi connectivity index (χ2n) is 3.88. The molecule has 18 heavy (non-hydrogen) atoms. The van der Waals surface area contributed by atoms with Gasteiger partial charge in [-0.05, 0) is 26.0 Å². The smallest absolute Gasteiger partial charge is 0.134 e. The summed E-state index contributed by atoms with van der Waals surface area (Å²) < 4.78 is 0. The minimum atomic E-state index is -1.14.